The van der Waals surface area contributed by atoms with Crippen molar-refractivity contribution in [3.05, 3.63) is 29.8 Å². The molecule has 23 heavy (non-hydrogen) atoms. The highest BCUT2D eigenvalue weighted by Gasteiger charge is 2.09. The molecule has 2 nitrogen and oxygen atoms in total. The summed E-state index contributed by atoms with van der Waals surface area (Å²) in [6, 6.07) is 8.93. The number of anilines is 1. The molecule has 0 unspecified atom stereocenters. The third-order valence-corrected chi connectivity index (χ3v) is 4.99. The summed E-state index contributed by atoms with van der Waals surface area (Å²) in [6.45, 7) is 5.60. The average Bonchev–Trinajstić information content (AvgIpc) is 2.60. The third-order valence-electron chi connectivity index (χ3n) is 4.65. The Hall–Kier alpha value is -0.440. The molecule has 0 aromatic heterocycles. The van der Waals surface area contributed by atoms with Crippen LogP contribution in [0.1, 0.15) is 37.7 Å². The molecule has 0 bridgehead atoms. The van der Waals surface area contributed by atoms with Crippen LogP contribution in [0.3, 0.4) is 0 Å². The molecule has 2 rings (SSSR count). The first-order valence-corrected chi connectivity index (χ1v) is 10.1. The van der Waals surface area contributed by atoms with Gasteiger partial charge in [-0.2, -0.15) is 0 Å². The third kappa shape index (κ3) is 6.91. The van der Waals surface area contributed by atoms with Crippen LogP contribution in [-0.4, -0.2) is 49.4 Å². The van der Waals surface area contributed by atoms with Crippen molar-refractivity contribution < 1.29 is 0 Å². The van der Waals surface area contributed by atoms with Crippen molar-refractivity contribution in [1.82, 2.24) is 4.90 Å². The molecule has 1 heterocycles. The van der Waals surface area contributed by atoms with Gasteiger partial charge in [-0.05, 0) is 69.4 Å². The number of benzene rings is 1. The van der Waals surface area contributed by atoms with Gasteiger partial charge in [-0.1, -0.05) is 18.6 Å². The summed E-state index contributed by atoms with van der Waals surface area (Å²) < 4.78 is 0. The molecule has 1 fully saturated rings. The van der Waals surface area contributed by atoms with Gasteiger partial charge < -0.3 is 9.80 Å². The molecule has 130 valence electrons. The van der Waals surface area contributed by atoms with E-state index in [4.69, 9.17) is 23.2 Å². The normalized spacial score (nSPS) is 15.7. The number of rotatable bonds is 10. The van der Waals surface area contributed by atoms with E-state index in [1.165, 1.54) is 69.4 Å². The largest absolute Gasteiger partial charge is 0.369 e. The number of unbranched alkanes of at least 4 members (excludes halogenated alkanes) is 1. The molecule has 0 N–H and O–H groups in total. The van der Waals surface area contributed by atoms with Crippen LogP contribution in [0.4, 0.5) is 5.69 Å². The number of alkyl halides is 2. The highest BCUT2D eigenvalue weighted by atomic mass is 35.5. The first kappa shape index (κ1) is 18.9. The van der Waals surface area contributed by atoms with Crippen molar-refractivity contribution in [3.8, 4) is 0 Å². The Kier molecular flexibility index (Phi) is 9.18. The molecule has 0 aliphatic carbocycles. The first-order valence-electron chi connectivity index (χ1n) is 9.01. The van der Waals surface area contributed by atoms with Crippen LogP contribution in [0.2, 0.25) is 0 Å². The highest BCUT2D eigenvalue weighted by Crippen LogP contribution is 2.17. The topological polar surface area (TPSA) is 6.48 Å². The Morgan fingerprint density at radius 1 is 0.870 bits per heavy atom. The lowest BCUT2D eigenvalue weighted by Crippen LogP contribution is -2.30. The van der Waals surface area contributed by atoms with Gasteiger partial charge in [0.15, 0.2) is 0 Å². The fourth-order valence-electron chi connectivity index (χ4n) is 3.30. The predicted molar refractivity (Wildman–Crippen MR) is 103 cm³/mol. The second-order valence-corrected chi connectivity index (χ2v) is 7.15. The minimum atomic E-state index is 0.634. The van der Waals surface area contributed by atoms with Crippen LogP contribution in [0.5, 0.6) is 0 Å². The van der Waals surface area contributed by atoms with Gasteiger partial charge in [0, 0.05) is 30.5 Å². The van der Waals surface area contributed by atoms with Gasteiger partial charge in [-0.25, -0.2) is 0 Å². The monoisotopic (exact) mass is 356 g/mol. The molecule has 1 aliphatic rings. The molecule has 0 radical (unpaired) electrons. The van der Waals surface area contributed by atoms with Crippen LogP contribution in [-0.2, 0) is 6.42 Å². The van der Waals surface area contributed by atoms with Crippen LogP contribution in [0.15, 0.2) is 24.3 Å². The molecule has 0 spiro atoms. The predicted octanol–water partition coefficient (Wildman–Crippen LogP) is 4.78. The zero-order valence-corrected chi connectivity index (χ0v) is 15.7. The molecule has 1 aromatic rings. The summed E-state index contributed by atoms with van der Waals surface area (Å²) in [6.07, 6.45) is 7.98. The smallest absolute Gasteiger partial charge is 0.0399 e. The maximum absolute atomic E-state index is 5.87. The van der Waals surface area contributed by atoms with Crippen molar-refractivity contribution in [1.29, 1.82) is 0 Å². The maximum Gasteiger partial charge on any atom is 0.0399 e. The number of likely N-dealkylation sites (tertiary alicyclic amines) is 1. The summed E-state index contributed by atoms with van der Waals surface area (Å²) in [5.41, 5.74) is 2.66. The van der Waals surface area contributed by atoms with Crippen molar-refractivity contribution in [3.63, 3.8) is 0 Å². The summed E-state index contributed by atoms with van der Waals surface area (Å²) in [5.74, 6) is 1.27. The SMILES string of the molecule is ClCCN(CCCl)c1ccc(CCCCN2CCCCC2)cc1. The quantitative estimate of drug-likeness (QED) is 0.439. The Morgan fingerprint density at radius 2 is 1.52 bits per heavy atom. The lowest BCUT2D eigenvalue weighted by atomic mass is 10.1. The fraction of sp³-hybridized carbons (Fsp3) is 0.684. The van der Waals surface area contributed by atoms with E-state index >= 15 is 0 Å². The highest BCUT2D eigenvalue weighted by molar-refractivity contribution is 6.18. The van der Waals surface area contributed by atoms with Crippen molar-refractivity contribution in [2.75, 3.05) is 49.4 Å². The fourth-order valence-corrected chi connectivity index (χ4v) is 3.70. The molecule has 1 aliphatic heterocycles. The van der Waals surface area contributed by atoms with E-state index in [2.05, 4.69) is 34.1 Å². The zero-order chi connectivity index (χ0) is 16.3. The van der Waals surface area contributed by atoms with E-state index in [-0.39, 0.29) is 0 Å². The average molecular weight is 357 g/mol. The first-order chi connectivity index (χ1) is 11.3. The Balaban J connectivity index is 1.71. The van der Waals surface area contributed by atoms with Crippen LogP contribution in [0, 0.1) is 0 Å². The lowest BCUT2D eigenvalue weighted by Gasteiger charge is -2.26. The molecule has 0 atom stereocenters. The van der Waals surface area contributed by atoms with Gasteiger partial charge in [0.1, 0.15) is 0 Å². The van der Waals surface area contributed by atoms with E-state index in [0.717, 1.165) is 13.1 Å². The van der Waals surface area contributed by atoms with Crippen molar-refractivity contribution in [2.24, 2.45) is 0 Å². The Labute approximate surface area is 151 Å². The number of piperidine rings is 1. The zero-order valence-electron chi connectivity index (χ0n) is 14.2. The summed E-state index contributed by atoms with van der Waals surface area (Å²) >= 11 is 11.7. The van der Waals surface area contributed by atoms with E-state index in [9.17, 15) is 0 Å². The van der Waals surface area contributed by atoms with E-state index < -0.39 is 0 Å². The molecular formula is C19H30Cl2N2. The Bertz CT molecular complexity index is 410. The summed E-state index contributed by atoms with van der Waals surface area (Å²) in [7, 11) is 0. The van der Waals surface area contributed by atoms with E-state index in [1.807, 2.05) is 0 Å². The standard InChI is InChI=1S/C19H30Cl2N2/c20-11-16-23(17-12-21)19-9-7-18(8-10-19)6-2-5-15-22-13-3-1-4-14-22/h7-10H,1-6,11-17H2. The number of nitrogens with zero attached hydrogens (tertiary/aromatic N) is 2. The number of hydrogen-bond acceptors (Lipinski definition) is 2. The van der Waals surface area contributed by atoms with Gasteiger partial charge in [0.25, 0.3) is 0 Å². The van der Waals surface area contributed by atoms with Crippen LogP contribution >= 0.6 is 23.2 Å². The summed E-state index contributed by atoms with van der Waals surface area (Å²) in [5, 5.41) is 0. The molecule has 1 saturated heterocycles. The van der Waals surface area contributed by atoms with Crippen molar-refractivity contribution in [2.45, 2.75) is 38.5 Å². The van der Waals surface area contributed by atoms with Gasteiger partial charge in [0.2, 0.25) is 0 Å². The maximum atomic E-state index is 5.87. The van der Waals surface area contributed by atoms with Gasteiger partial charge >= 0.3 is 0 Å². The van der Waals surface area contributed by atoms with Crippen LogP contribution < -0.4 is 4.90 Å². The second kappa shape index (κ2) is 11.2. The van der Waals surface area contributed by atoms with Gasteiger partial charge in [0.05, 0.1) is 0 Å². The number of aryl methyl sites for hydroxylation is 1. The van der Waals surface area contributed by atoms with Crippen LogP contribution in [0.25, 0.3) is 0 Å². The second-order valence-electron chi connectivity index (χ2n) is 6.39. The minimum absolute atomic E-state index is 0.634. The molecule has 1 aromatic carbocycles. The van der Waals surface area contributed by atoms with E-state index in [0.29, 0.717) is 11.8 Å². The number of halogens is 2. The molecule has 4 heteroatoms. The Morgan fingerprint density at radius 3 is 2.13 bits per heavy atom. The lowest BCUT2D eigenvalue weighted by molar-refractivity contribution is 0.225. The molecular weight excluding hydrogens is 327 g/mol. The molecule has 0 amide bonds. The minimum Gasteiger partial charge on any atom is -0.369 e. The number of hydrogen-bond donors (Lipinski definition) is 0. The van der Waals surface area contributed by atoms with Crippen molar-refractivity contribution >= 4 is 28.9 Å². The van der Waals surface area contributed by atoms with E-state index in [1.54, 1.807) is 0 Å². The van der Waals surface area contributed by atoms with Gasteiger partial charge in [-0.3, -0.25) is 0 Å². The summed E-state index contributed by atoms with van der Waals surface area (Å²) in [4.78, 5) is 4.88. The molecule has 0 saturated carbocycles. The van der Waals surface area contributed by atoms with Gasteiger partial charge in [-0.15, -0.1) is 23.2 Å².